The van der Waals surface area contributed by atoms with Crippen LogP contribution in [-0.2, 0) is 4.79 Å². The predicted octanol–water partition coefficient (Wildman–Crippen LogP) is 0.230. The van der Waals surface area contributed by atoms with E-state index < -0.39 is 0 Å². The summed E-state index contributed by atoms with van der Waals surface area (Å²) in [5.74, 6) is 0.181. The van der Waals surface area contributed by atoms with Crippen LogP contribution in [0.25, 0.3) is 0 Å². The van der Waals surface area contributed by atoms with Gasteiger partial charge in [-0.25, -0.2) is 0 Å². The van der Waals surface area contributed by atoms with E-state index in [1.807, 2.05) is 18.0 Å². The van der Waals surface area contributed by atoms with Crippen molar-refractivity contribution >= 4 is 12.1 Å². The molecule has 0 radical (unpaired) electrons. The molecule has 0 fully saturated rings. The van der Waals surface area contributed by atoms with Crippen LogP contribution < -0.4 is 0 Å². The summed E-state index contributed by atoms with van der Waals surface area (Å²) in [6.07, 6.45) is 1.82. The van der Waals surface area contributed by atoms with Crippen molar-refractivity contribution in [3.63, 3.8) is 0 Å². The second kappa shape index (κ2) is 2.19. The smallest absolute Gasteiger partial charge is 0.252 e. The maximum atomic E-state index is 11.4. The van der Waals surface area contributed by atoms with E-state index in [0.29, 0.717) is 6.54 Å². The van der Waals surface area contributed by atoms with E-state index in [9.17, 15) is 4.79 Å². The van der Waals surface area contributed by atoms with Gasteiger partial charge in [-0.1, -0.05) is 0 Å². The molecule has 0 bridgehead atoms. The van der Waals surface area contributed by atoms with Gasteiger partial charge >= 0.3 is 0 Å². The fourth-order valence-electron chi connectivity index (χ4n) is 1.49. The van der Waals surface area contributed by atoms with Crippen LogP contribution in [0.4, 0.5) is 0 Å². The lowest BCUT2D eigenvalue weighted by Crippen LogP contribution is -2.27. The van der Waals surface area contributed by atoms with Gasteiger partial charge in [-0.15, -0.1) is 0 Å². The van der Waals surface area contributed by atoms with Crippen molar-refractivity contribution in [2.45, 2.75) is 6.92 Å². The summed E-state index contributed by atoms with van der Waals surface area (Å²) in [5.41, 5.74) is 2.03. The zero-order chi connectivity index (χ0) is 7.84. The van der Waals surface area contributed by atoms with E-state index in [0.717, 1.165) is 24.2 Å². The molecular weight excluding hydrogens is 140 g/mol. The molecule has 2 aliphatic rings. The van der Waals surface area contributed by atoms with Crippen LogP contribution in [0.15, 0.2) is 16.1 Å². The van der Waals surface area contributed by atoms with Gasteiger partial charge in [-0.05, 0) is 12.5 Å². The monoisotopic (exact) mass is 150 g/mol. The third-order valence-corrected chi connectivity index (χ3v) is 2.17. The van der Waals surface area contributed by atoms with Gasteiger partial charge in [0.15, 0.2) is 0 Å². The Kier molecular flexibility index (Phi) is 1.31. The summed E-state index contributed by atoms with van der Waals surface area (Å²) in [7, 11) is 0. The number of carbonyl (C=O) groups excluding carboxylic acids is 1. The van der Waals surface area contributed by atoms with Crippen LogP contribution >= 0.6 is 0 Å². The Hall–Kier alpha value is -1.12. The van der Waals surface area contributed by atoms with Gasteiger partial charge in [0.05, 0.1) is 6.54 Å². The first kappa shape index (κ1) is 6.58. The normalized spacial score (nSPS) is 21.9. The number of hydrogen-bond donors (Lipinski definition) is 0. The minimum absolute atomic E-state index is 0.181. The van der Waals surface area contributed by atoms with Crippen LogP contribution in [0, 0.1) is 0 Å². The molecule has 3 heteroatoms. The van der Waals surface area contributed by atoms with Crippen LogP contribution in [0.1, 0.15) is 6.92 Å². The average Bonchev–Trinajstić information content (AvgIpc) is 2.53. The molecule has 0 saturated carbocycles. The molecule has 0 aromatic rings. The van der Waals surface area contributed by atoms with Crippen molar-refractivity contribution in [1.29, 1.82) is 0 Å². The minimum Gasteiger partial charge on any atom is -0.335 e. The van der Waals surface area contributed by atoms with Crippen molar-refractivity contribution < 1.29 is 4.79 Å². The molecule has 58 valence electrons. The highest BCUT2D eigenvalue weighted by Gasteiger charge is 2.29. The van der Waals surface area contributed by atoms with Crippen molar-refractivity contribution in [1.82, 2.24) is 4.90 Å². The first-order valence-corrected chi connectivity index (χ1v) is 3.84. The Bertz CT molecular complexity index is 265. The lowest BCUT2D eigenvalue weighted by molar-refractivity contribution is -0.125. The molecule has 2 rings (SSSR count). The van der Waals surface area contributed by atoms with E-state index in [1.165, 1.54) is 0 Å². The molecule has 11 heavy (non-hydrogen) atoms. The number of carbonyl (C=O) groups is 1. The van der Waals surface area contributed by atoms with Crippen LogP contribution in [0.3, 0.4) is 0 Å². The summed E-state index contributed by atoms with van der Waals surface area (Å²) in [6, 6.07) is 0. The lowest BCUT2D eigenvalue weighted by atomic mass is 10.2. The van der Waals surface area contributed by atoms with Crippen LogP contribution in [0.5, 0.6) is 0 Å². The molecular formula is C8H10N2O. The Labute approximate surface area is 65.4 Å². The highest BCUT2D eigenvalue weighted by Crippen LogP contribution is 2.21. The Morgan fingerprint density at radius 3 is 3.18 bits per heavy atom. The number of likely N-dealkylation sites (N-methyl/N-ethyl adjacent to an activating group) is 1. The van der Waals surface area contributed by atoms with Gasteiger partial charge in [0, 0.05) is 24.9 Å². The summed E-state index contributed by atoms with van der Waals surface area (Å²) >= 11 is 0. The summed E-state index contributed by atoms with van der Waals surface area (Å²) < 4.78 is 0. The van der Waals surface area contributed by atoms with Gasteiger partial charge in [0.1, 0.15) is 0 Å². The standard InChI is InChI=1S/C8H10N2O/c1-2-10-5-6-3-9-4-7(6)8(10)11/h3H,2,4-5H2,1H3. The fraction of sp³-hybridized carbons (Fsp3) is 0.500. The zero-order valence-electron chi connectivity index (χ0n) is 6.50. The first-order valence-electron chi connectivity index (χ1n) is 3.84. The maximum absolute atomic E-state index is 11.4. The van der Waals surface area contributed by atoms with E-state index >= 15 is 0 Å². The Morgan fingerprint density at radius 2 is 2.55 bits per heavy atom. The quantitative estimate of drug-likeness (QED) is 0.526. The highest BCUT2D eigenvalue weighted by molar-refractivity contribution is 6.06. The van der Waals surface area contributed by atoms with Crippen molar-refractivity contribution in [3.8, 4) is 0 Å². The maximum Gasteiger partial charge on any atom is 0.252 e. The molecule has 0 N–H and O–H groups in total. The predicted molar refractivity (Wildman–Crippen MR) is 42.6 cm³/mol. The second-order valence-corrected chi connectivity index (χ2v) is 2.79. The minimum atomic E-state index is 0.181. The van der Waals surface area contributed by atoms with Crippen LogP contribution in [-0.4, -0.2) is 36.7 Å². The fourth-order valence-corrected chi connectivity index (χ4v) is 1.49. The number of aliphatic imine (C=N–C) groups is 1. The summed E-state index contributed by atoms with van der Waals surface area (Å²) in [4.78, 5) is 17.3. The van der Waals surface area contributed by atoms with Gasteiger partial charge < -0.3 is 4.90 Å². The molecule has 0 aliphatic carbocycles. The van der Waals surface area contributed by atoms with Gasteiger partial charge in [-0.3, -0.25) is 9.79 Å². The topological polar surface area (TPSA) is 32.7 Å². The highest BCUT2D eigenvalue weighted by atomic mass is 16.2. The van der Waals surface area contributed by atoms with Gasteiger partial charge in [0.2, 0.25) is 0 Å². The number of nitrogens with zero attached hydrogens (tertiary/aromatic N) is 2. The molecule has 2 aliphatic heterocycles. The van der Waals surface area contributed by atoms with E-state index in [2.05, 4.69) is 4.99 Å². The molecule has 0 spiro atoms. The Morgan fingerprint density at radius 1 is 1.73 bits per heavy atom. The lowest BCUT2D eigenvalue weighted by Gasteiger charge is -2.13. The number of rotatable bonds is 1. The van der Waals surface area contributed by atoms with Crippen LogP contribution in [0.2, 0.25) is 0 Å². The first-order chi connectivity index (χ1) is 5.33. The SMILES string of the molecule is CCN1CC2=C(CN=C2)C1=O. The molecule has 0 aromatic heterocycles. The summed E-state index contributed by atoms with van der Waals surface area (Å²) in [6.45, 7) is 4.18. The van der Waals surface area contributed by atoms with Crippen molar-refractivity contribution in [2.24, 2.45) is 4.99 Å². The molecule has 0 atom stereocenters. The molecule has 0 unspecified atom stereocenters. The Balaban J connectivity index is 2.25. The molecule has 3 nitrogen and oxygen atoms in total. The molecule has 2 heterocycles. The van der Waals surface area contributed by atoms with Gasteiger partial charge in [0.25, 0.3) is 5.91 Å². The molecule has 1 amide bonds. The number of hydrogen-bond acceptors (Lipinski definition) is 2. The van der Waals surface area contributed by atoms with E-state index in [-0.39, 0.29) is 5.91 Å². The zero-order valence-corrected chi connectivity index (χ0v) is 6.50. The van der Waals surface area contributed by atoms with Crippen molar-refractivity contribution in [2.75, 3.05) is 19.6 Å². The van der Waals surface area contributed by atoms with Gasteiger partial charge in [-0.2, -0.15) is 0 Å². The largest absolute Gasteiger partial charge is 0.335 e. The third-order valence-electron chi connectivity index (χ3n) is 2.17. The average molecular weight is 150 g/mol. The molecule has 0 saturated heterocycles. The van der Waals surface area contributed by atoms with E-state index in [4.69, 9.17) is 0 Å². The second-order valence-electron chi connectivity index (χ2n) is 2.79. The van der Waals surface area contributed by atoms with E-state index in [1.54, 1.807) is 0 Å². The summed E-state index contributed by atoms with van der Waals surface area (Å²) in [5, 5.41) is 0. The third kappa shape index (κ3) is 0.803. The number of amides is 1. The molecule has 0 aromatic carbocycles. The van der Waals surface area contributed by atoms with Crippen molar-refractivity contribution in [3.05, 3.63) is 11.1 Å².